The molecule has 3 amide bonds. The van der Waals surface area contributed by atoms with Gasteiger partial charge in [-0.2, -0.15) is 0 Å². The Morgan fingerprint density at radius 3 is 2.40 bits per heavy atom. The zero-order chi connectivity index (χ0) is 34.6. The largest absolute Gasteiger partial charge is 0.455 e. The molecule has 0 saturated carbocycles. The average Bonchev–Trinajstić information content (AvgIpc) is 3.71. The number of carbonyl (C=O) groups is 4. The topological polar surface area (TPSA) is 117 Å². The van der Waals surface area contributed by atoms with Crippen LogP contribution in [-0.2, 0) is 28.7 Å². The molecule has 9 atom stereocenters. The fourth-order valence-corrected chi connectivity index (χ4v) is 7.78. The van der Waals surface area contributed by atoms with Gasteiger partial charge in [0.25, 0.3) is 0 Å². The Kier molecular flexibility index (Phi) is 11.7. The maximum atomic E-state index is 14.6. The minimum atomic E-state index is -1.23. The molecule has 3 saturated heterocycles. The van der Waals surface area contributed by atoms with E-state index in [2.05, 4.69) is 13.2 Å². The summed E-state index contributed by atoms with van der Waals surface area (Å²) in [6, 6.07) is 6.93. The molecule has 3 fully saturated rings. The molecular formula is C37H53N3O7. The highest BCUT2D eigenvalue weighted by atomic mass is 16.6. The first-order chi connectivity index (χ1) is 22.4. The molecule has 2 bridgehead atoms. The summed E-state index contributed by atoms with van der Waals surface area (Å²) in [4.78, 5) is 61.3. The quantitative estimate of drug-likeness (QED) is 0.210. The molecule has 1 aromatic rings. The van der Waals surface area contributed by atoms with E-state index in [9.17, 15) is 24.3 Å². The number of hydrogen-bond donors (Lipinski definition) is 1. The molecular weight excluding hydrogens is 598 g/mol. The third kappa shape index (κ3) is 6.64. The fourth-order valence-electron chi connectivity index (χ4n) is 7.78. The Morgan fingerprint density at radius 1 is 1.15 bits per heavy atom. The van der Waals surface area contributed by atoms with Crippen LogP contribution in [-0.4, -0.2) is 99.6 Å². The highest BCUT2D eigenvalue weighted by Crippen LogP contribution is 2.59. The number of fused-ring (bicyclic) bond motifs is 1. The van der Waals surface area contributed by atoms with Gasteiger partial charge in [0, 0.05) is 26.1 Å². The van der Waals surface area contributed by atoms with E-state index in [1.165, 1.54) is 4.90 Å². The van der Waals surface area contributed by atoms with Crippen molar-refractivity contribution in [2.24, 2.45) is 17.8 Å². The number of likely N-dealkylation sites (N-methyl/N-ethyl adjacent to an activating group) is 1. The Balaban J connectivity index is 1.74. The molecule has 10 nitrogen and oxygen atoms in total. The van der Waals surface area contributed by atoms with Gasteiger partial charge in [-0.05, 0) is 51.5 Å². The molecule has 3 heterocycles. The lowest BCUT2D eigenvalue weighted by Gasteiger charge is -2.41. The first kappa shape index (κ1) is 36.3. The normalized spacial score (nSPS) is 27.1. The number of aliphatic hydroxyl groups is 1. The molecule has 47 heavy (non-hydrogen) atoms. The van der Waals surface area contributed by atoms with Crippen molar-refractivity contribution in [3.8, 4) is 0 Å². The van der Waals surface area contributed by atoms with Crippen LogP contribution in [0.3, 0.4) is 0 Å². The van der Waals surface area contributed by atoms with Crippen LogP contribution < -0.4 is 0 Å². The number of aliphatic hydroxyl groups excluding tert-OH is 1. The van der Waals surface area contributed by atoms with E-state index >= 15 is 0 Å². The van der Waals surface area contributed by atoms with Gasteiger partial charge in [0.15, 0.2) is 0 Å². The number of hydrogen-bond acceptors (Lipinski definition) is 7. The molecule has 0 radical (unpaired) electrons. The summed E-state index contributed by atoms with van der Waals surface area (Å²) in [7, 11) is 1.69. The summed E-state index contributed by atoms with van der Waals surface area (Å²) in [5, 5.41) is 10.6. The summed E-state index contributed by atoms with van der Waals surface area (Å²) in [6.45, 7) is 17.1. The first-order valence-electron chi connectivity index (χ1n) is 17.0. The van der Waals surface area contributed by atoms with Crippen molar-refractivity contribution in [1.82, 2.24) is 14.7 Å². The molecule has 10 heteroatoms. The van der Waals surface area contributed by atoms with Gasteiger partial charge >= 0.3 is 5.97 Å². The van der Waals surface area contributed by atoms with Crippen molar-refractivity contribution in [2.75, 3.05) is 20.2 Å². The molecule has 258 valence electrons. The summed E-state index contributed by atoms with van der Waals surface area (Å²) in [6.07, 6.45) is 4.35. The summed E-state index contributed by atoms with van der Waals surface area (Å²) >= 11 is 0. The van der Waals surface area contributed by atoms with Crippen LogP contribution in [0, 0.1) is 17.8 Å². The Bertz CT molecular complexity index is 1320. The van der Waals surface area contributed by atoms with Crippen molar-refractivity contribution in [2.45, 2.75) is 109 Å². The van der Waals surface area contributed by atoms with E-state index in [0.29, 0.717) is 25.7 Å². The third-order valence-electron chi connectivity index (χ3n) is 10.7. The van der Waals surface area contributed by atoms with Gasteiger partial charge in [0.2, 0.25) is 17.7 Å². The first-order valence-corrected chi connectivity index (χ1v) is 17.0. The van der Waals surface area contributed by atoms with E-state index < -0.39 is 53.7 Å². The summed E-state index contributed by atoms with van der Waals surface area (Å²) < 4.78 is 13.0. The lowest BCUT2D eigenvalue weighted by molar-refractivity contribution is -0.165. The highest BCUT2D eigenvalue weighted by Gasteiger charge is 2.76. The minimum Gasteiger partial charge on any atom is -0.455 e. The van der Waals surface area contributed by atoms with Gasteiger partial charge in [-0.1, -0.05) is 62.8 Å². The minimum absolute atomic E-state index is 0.103. The second-order valence-corrected chi connectivity index (χ2v) is 13.7. The van der Waals surface area contributed by atoms with E-state index in [-0.39, 0.29) is 49.3 Å². The van der Waals surface area contributed by atoms with E-state index in [4.69, 9.17) is 9.47 Å². The summed E-state index contributed by atoms with van der Waals surface area (Å²) in [5.41, 5.74) is -0.514. The van der Waals surface area contributed by atoms with Crippen LogP contribution in [0.15, 0.2) is 55.6 Å². The van der Waals surface area contributed by atoms with Gasteiger partial charge in [0.1, 0.15) is 17.7 Å². The number of nitrogens with zero attached hydrogens (tertiary/aromatic N) is 3. The van der Waals surface area contributed by atoms with Crippen molar-refractivity contribution < 1.29 is 33.8 Å². The molecule has 3 aliphatic rings. The van der Waals surface area contributed by atoms with Crippen molar-refractivity contribution in [1.29, 1.82) is 0 Å². The lowest BCUT2D eigenvalue weighted by atomic mass is 9.70. The summed E-state index contributed by atoms with van der Waals surface area (Å²) in [5.74, 6) is -3.34. The van der Waals surface area contributed by atoms with Gasteiger partial charge in [-0.3, -0.25) is 19.2 Å². The highest BCUT2D eigenvalue weighted by molar-refractivity contribution is 5.98. The van der Waals surface area contributed by atoms with Crippen molar-refractivity contribution in [3.05, 3.63) is 61.2 Å². The molecule has 3 aliphatic heterocycles. The maximum absolute atomic E-state index is 14.6. The molecule has 0 unspecified atom stereocenters. The number of amides is 3. The van der Waals surface area contributed by atoms with Gasteiger partial charge in [0.05, 0.1) is 36.6 Å². The number of likely N-dealkylation sites (tertiary alicyclic amines) is 1. The SMILES string of the molecule is C=CCCC(=O)N(C)[C@@H](C)[C@@H](OC(=O)[C@@H]1[C@@H]2CC[C@]3(O2)[C@H](C(=O)N(CC=C)C(C)C)N([C@@H](CO)[C@@H](C)CC)C(=O)[C@@H]13)c1ccccc1. The van der Waals surface area contributed by atoms with E-state index in [0.717, 1.165) is 5.56 Å². The lowest BCUT2D eigenvalue weighted by Crippen LogP contribution is -2.60. The molecule has 1 aromatic carbocycles. The predicted molar refractivity (Wildman–Crippen MR) is 179 cm³/mol. The molecule has 0 aromatic heterocycles. The standard InChI is InChI=1S/C37H53N3O7/c1-9-12-18-29(42)38(8)25(7)32(26-16-14-13-15-17-26)46-36(45)30-28-19-20-37(47-28)31(30)34(43)40(27(22-41)24(6)11-3)33(37)35(44)39(21-10-2)23(4)5/h9-10,13-17,23-25,27-28,30-33,41H,1-2,11-12,18-22H2,3-8H3/t24-,25-,27-,28-,30+,31+,32+,33-,37+/m0/s1. The number of benzene rings is 1. The zero-order valence-electron chi connectivity index (χ0n) is 28.8. The Labute approximate surface area is 279 Å². The van der Waals surface area contributed by atoms with Crippen LogP contribution >= 0.6 is 0 Å². The van der Waals surface area contributed by atoms with E-state index in [1.54, 1.807) is 29.0 Å². The van der Waals surface area contributed by atoms with Crippen LogP contribution in [0.5, 0.6) is 0 Å². The molecule has 1 spiro atoms. The van der Waals surface area contributed by atoms with Crippen LogP contribution in [0.25, 0.3) is 0 Å². The number of rotatable bonds is 16. The average molecular weight is 652 g/mol. The third-order valence-corrected chi connectivity index (χ3v) is 10.7. The van der Waals surface area contributed by atoms with Crippen molar-refractivity contribution >= 4 is 23.7 Å². The number of ether oxygens (including phenoxy) is 2. The van der Waals surface area contributed by atoms with Crippen LogP contribution in [0.1, 0.15) is 78.4 Å². The number of allylic oxidation sites excluding steroid dienone is 1. The monoisotopic (exact) mass is 651 g/mol. The van der Waals surface area contributed by atoms with E-state index in [1.807, 2.05) is 65.0 Å². The van der Waals surface area contributed by atoms with Gasteiger partial charge in [-0.25, -0.2) is 0 Å². The molecule has 0 aliphatic carbocycles. The predicted octanol–water partition coefficient (Wildman–Crippen LogP) is 4.29. The number of carbonyl (C=O) groups excluding carboxylic acids is 4. The second-order valence-electron chi connectivity index (χ2n) is 13.7. The molecule has 4 rings (SSSR count). The Hall–Kier alpha value is -3.50. The maximum Gasteiger partial charge on any atom is 0.313 e. The fraction of sp³-hybridized carbons (Fsp3) is 0.622. The zero-order valence-corrected chi connectivity index (χ0v) is 28.8. The number of esters is 1. The van der Waals surface area contributed by atoms with Crippen LogP contribution in [0.4, 0.5) is 0 Å². The van der Waals surface area contributed by atoms with Gasteiger partial charge in [-0.15, -0.1) is 13.2 Å². The smallest absolute Gasteiger partial charge is 0.313 e. The van der Waals surface area contributed by atoms with Gasteiger partial charge < -0.3 is 29.3 Å². The Morgan fingerprint density at radius 2 is 1.83 bits per heavy atom. The second kappa shape index (κ2) is 15.2. The van der Waals surface area contributed by atoms with Crippen LogP contribution in [0.2, 0.25) is 0 Å². The van der Waals surface area contributed by atoms with Crippen molar-refractivity contribution in [3.63, 3.8) is 0 Å². The molecule has 1 N–H and O–H groups in total.